The summed E-state index contributed by atoms with van der Waals surface area (Å²) in [6, 6.07) is 0. The van der Waals surface area contributed by atoms with Gasteiger partial charge in [0, 0.05) is 29.6 Å². The van der Waals surface area contributed by atoms with Gasteiger partial charge in [-0.25, -0.2) is 0 Å². The molecule has 0 amide bonds. The van der Waals surface area contributed by atoms with Crippen molar-refractivity contribution >= 4 is 11.9 Å². The fourth-order valence-electron chi connectivity index (χ4n) is 8.56. The van der Waals surface area contributed by atoms with Gasteiger partial charge in [-0.2, -0.15) is 0 Å². The monoisotopic (exact) mass is 438 g/mol. The number of ether oxygens (including phenoxy) is 3. The van der Waals surface area contributed by atoms with Crippen molar-refractivity contribution in [2.24, 2.45) is 40.4 Å². The van der Waals surface area contributed by atoms with Crippen LogP contribution in [0.15, 0.2) is 35.1 Å². The second kappa shape index (κ2) is 6.51. The van der Waals surface area contributed by atoms with Gasteiger partial charge in [0.15, 0.2) is 5.92 Å². The van der Waals surface area contributed by atoms with Crippen molar-refractivity contribution in [2.45, 2.75) is 64.9 Å². The Hall–Kier alpha value is -2.04. The first-order valence-corrected chi connectivity index (χ1v) is 12.3. The first-order chi connectivity index (χ1) is 15.3. The van der Waals surface area contributed by atoms with Crippen molar-refractivity contribution in [3.63, 3.8) is 0 Å². The predicted octanol–water partition coefficient (Wildman–Crippen LogP) is 4.73. The van der Waals surface area contributed by atoms with Gasteiger partial charge in [-0.1, -0.05) is 31.6 Å². The zero-order valence-corrected chi connectivity index (χ0v) is 19.6. The molecule has 2 saturated carbocycles. The highest BCUT2D eigenvalue weighted by Gasteiger charge is 2.79. The highest BCUT2D eigenvalue weighted by atomic mass is 16.6. The molecule has 1 aliphatic heterocycles. The molecule has 6 aliphatic rings. The smallest absolute Gasteiger partial charge is 0.321 e. The van der Waals surface area contributed by atoms with E-state index in [-0.39, 0.29) is 16.8 Å². The molecule has 5 heteroatoms. The van der Waals surface area contributed by atoms with Crippen LogP contribution in [0.25, 0.3) is 0 Å². The lowest BCUT2D eigenvalue weighted by molar-refractivity contribution is -0.168. The summed E-state index contributed by atoms with van der Waals surface area (Å²) in [7, 11) is 1.77. The lowest BCUT2D eigenvalue weighted by Gasteiger charge is -2.55. The normalized spacial score (nSPS) is 47.8. The van der Waals surface area contributed by atoms with Crippen molar-refractivity contribution in [3.05, 3.63) is 35.1 Å². The maximum Gasteiger partial charge on any atom is 0.321 e. The van der Waals surface area contributed by atoms with Crippen LogP contribution in [-0.2, 0) is 23.8 Å². The number of methoxy groups -OCH3 is 1. The molecular weight excluding hydrogens is 404 g/mol. The Bertz CT molecular complexity index is 990. The Morgan fingerprint density at radius 2 is 2.09 bits per heavy atom. The maximum atomic E-state index is 12.8. The number of esters is 2. The van der Waals surface area contributed by atoms with Crippen molar-refractivity contribution in [3.8, 4) is 0 Å². The van der Waals surface area contributed by atoms with E-state index < -0.39 is 17.5 Å². The average Bonchev–Trinajstić information content (AvgIpc) is 3.43. The number of carbonyl (C=O) groups is 2. The van der Waals surface area contributed by atoms with E-state index in [4.69, 9.17) is 14.2 Å². The fraction of sp³-hybridized carbons (Fsp3) is 0.704. The molecule has 3 unspecified atom stereocenters. The zero-order chi connectivity index (χ0) is 22.5. The minimum atomic E-state index is -0.761. The van der Waals surface area contributed by atoms with Crippen LogP contribution in [0.5, 0.6) is 0 Å². The molecule has 32 heavy (non-hydrogen) atoms. The Morgan fingerprint density at radius 1 is 1.28 bits per heavy atom. The first-order valence-electron chi connectivity index (χ1n) is 12.3. The molecular formula is C27H34O5. The Morgan fingerprint density at radius 3 is 2.84 bits per heavy atom. The van der Waals surface area contributed by atoms with E-state index in [1.807, 2.05) is 0 Å². The minimum Gasteiger partial charge on any atom is -0.501 e. The van der Waals surface area contributed by atoms with Crippen LogP contribution in [0.1, 0.15) is 59.3 Å². The molecule has 5 aliphatic carbocycles. The summed E-state index contributed by atoms with van der Waals surface area (Å²) in [6.45, 7) is 6.82. The fourth-order valence-corrected chi connectivity index (χ4v) is 8.56. The lowest BCUT2D eigenvalue weighted by atomic mass is 9.50. The molecule has 1 heterocycles. The Balaban J connectivity index is 1.36. The van der Waals surface area contributed by atoms with Crippen LogP contribution in [0, 0.1) is 40.4 Å². The standard InChI is InChI=1S/C27H34O5/c1-5-31-23(28)19-14-27(32-24(19)29)21-13-18(21)22-17-7-6-15-12-16(30-4)8-10-25(15,2)20(17)9-11-26(22,27)3/h6,9,12,17-19,21-22H,5,7-8,10-11,13-14H2,1-4H3/t17?,18-,19?,21+,22?,25+,26+,27+/m1/s1. The van der Waals surface area contributed by atoms with Crippen LogP contribution in [-0.4, -0.2) is 31.3 Å². The average molecular weight is 439 g/mol. The second-order valence-corrected chi connectivity index (χ2v) is 11.3. The molecule has 5 nitrogen and oxygen atoms in total. The second-order valence-electron chi connectivity index (χ2n) is 11.3. The largest absolute Gasteiger partial charge is 0.501 e. The molecule has 0 aromatic carbocycles. The first kappa shape index (κ1) is 20.6. The topological polar surface area (TPSA) is 61.8 Å². The van der Waals surface area contributed by atoms with Gasteiger partial charge in [-0.3, -0.25) is 9.59 Å². The third kappa shape index (κ3) is 2.35. The molecule has 0 aromatic heterocycles. The molecule has 1 spiro atoms. The van der Waals surface area contributed by atoms with E-state index in [0.717, 1.165) is 37.9 Å². The van der Waals surface area contributed by atoms with Crippen LogP contribution in [0.2, 0.25) is 0 Å². The summed E-state index contributed by atoms with van der Waals surface area (Å²) in [5, 5.41) is 0. The molecule has 0 N–H and O–H groups in total. The number of rotatable bonds is 3. The van der Waals surface area contributed by atoms with E-state index in [1.165, 1.54) is 5.57 Å². The third-order valence-corrected chi connectivity index (χ3v) is 10.1. The van der Waals surface area contributed by atoms with Gasteiger partial charge >= 0.3 is 11.9 Å². The highest BCUT2D eigenvalue weighted by Crippen LogP contribution is 2.78. The maximum absolute atomic E-state index is 12.8. The SMILES string of the molecule is CCOC(=O)C1C[C@]2(OC1=O)[C@H]1C[C@H]1C1C3CC=C4C=C(OC)CC[C@]4(C)C3=CC[C@@]12C. The van der Waals surface area contributed by atoms with E-state index >= 15 is 0 Å². The Kier molecular flexibility index (Phi) is 4.18. The van der Waals surface area contributed by atoms with Crippen molar-refractivity contribution < 1.29 is 23.8 Å². The van der Waals surface area contributed by atoms with E-state index in [0.29, 0.717) is 36.7 Å². The van der Waals surface area contributed by atoms with Crippen molar-refractivity contribution in [1.82, 2.24) is 0 Å². The van der Waals surface area contributed by atoms with Gasteiger partial charge in [-0.05, 0) is 62.0 Å². The van der Waals surface area contributed by atoms with Gasteiger partial charge < -0.3 is 14.2 Å². The summed E-state index contributed by atoms with van der Waals surface area (Å²) in [5.74, 6) is 1.52. The summed E-state index contributed by atoms with van der Waals surface area (Å²) in [6.07, 6.45) is 12.8. The molecule has 172 valence electrons. The van der Waals surface area contributed by atoms with Gasteiger partial charge in [0.05, 0.1) is 19.5 Å². The summed E-state index contributed by atoms with van der Waals surface area (Å²) in [4.78, 5) is 25.3. The third-order valence-electron chi connectivity index (χ3n) is 10.1. The summed E-state index contributed by atoms with van der Waals surface area (Å²) < 4.78 is 17.0. The number of carbonyl (C=O) groups excluding carboxylic acids is 2. The number of fused-ring (bicyclic) bond motifs is 9. The van der Waals surface area contributed by atoms with E-state index in [1.54, 1.807) is 19.6 Å². The van der Waals surface area contributed by atoms with Gasteiger partial charge in [-0.15, -0.1) is 0 Å². The molecule has 1 saturated heterocycles. The van der Waals surface area contributed by atoms with Crippen LogP contribution in [0.3, 0.4) is 0 Å². The highest BCUT2D eigenvalue weighted by molar-refractivity contribution is 5.96. The number of hydrogen-bond acceptors (Lipinski definition) is 5. The predicted molar refractivity (Wildman–Crippen MR) is 118 cm³/mol. The van der Waals surface area contributed by atoms with E-state index in [2.05, 4.69) is 32.1 Å². The quantitative estimate of drug-likeness (QED) is 0.362. The molecule has 0 radical (unpaired) electrons. The number of hydrogen-bond donors (Lipinski definition) is 0. The van der Waals surface area contributed by atoms with Crippen molar-refractivity contribution in [1.29, 1.82) is 0 Å². The molecule has 6 rings (SSSR count). The number of allylic oxidation sites excluding steroid dienone is 6. The molecule has 8 atom stereocenters. The van der Waals surface area contributed by atoms with Gasteiger partial charge in [0.25, 0.3) is 0 Å². The van der Waals surface area contributed by atoms with Gasteiger partial charge in [0.1, 0.15) is 5.60 Å². The van der Waals surface area contributed by atoms with Gasteiger partial charge in [0.2, 0.25) is 0 Å². The summed E-state index contributed by atoms with van der Waals surface area (Å²) in [5.41, 5.74) is 2.45. The van der Waals surface area contributed by atoms with Crippen LogP contribution < -0.4 is 0 Å². The zero-order valence-electron chi connectivity index (χ0n) is 19.6. The Labute approximate surface area is 190 Å². The molecule has 3 fully saturated rings. The summed E-state index contributed by atoms with van der Waals surface area (Å²) >= 11 is 0. The minimum absolute atomic E-state index is 0.0756. The molecule has 0 aromatic rings. The van der Waals surface area contributed by atoms with Crippen molar-refractivity contribution in [2.75, 3.05) is 13.7 Å². The lowest BCUT2D eigenvalue weighted by Crippen LogP contribution is -2.53. The van der Waals surface area contributed by atoms with E-state index in [9.17, 15) is 9.59 Å². The van der Waals surface area contributed by atoms with Crippen LogP contribution in [0.4, 0.5) is 0 Å². The molecule has 0 bridgehead atoms. The van der Waals surface area contributed by atoms with Crippen LogP contribution >= 0.6 is 0 Å².